The van der Waals surface area contributed by atoms with Crippen molar-refractivity contribution in [3.8, 4) is 0 Å². The van der Waals surface area contributed by atoms with Crippen LogP contribution in [0.15, 0.2) is 36.8 Å². The van der Waals surface area contributed by atoms with Gasteiger partial charge in [0.2, 0.25) is 0 Å². The Bertz CT molecular complexity index is 682. The van der Waals surface area contributed by atoms with Crippen LogP contribution in [0.25, 0.3) is 0 Å². The lowest BCUT2D eigenvalue weighted by molar-refractivity contribution is 0.211. The number of rotatable bonds is 5. The van der Waals surface area contributed by atoms with Crippen LogP contribution in [-0.2, 0) is 0 Å². The smallest absolute Gasteiger partial charge is 0.130 e. The maximum atomic E-state index is 14.1. The van der Waals surface area contributed by atoms with Gasteiger partial charge in [0.25, 0.3) is 0 Å². The molecular weight excluding hydrogens is 312 g/mol. The van der Waals surface area contributed by atoms with Crippen LogP contribution >= 0.6 is 0 Å². The molecule has 1 fully saturated rings. The Morgan fingerprint density at radius 1 is 1.33 bits per heavy atom. The Kier molecular flexibility index (Phi) is 5.13. The van der Waals surface area contributed by atoms with E-state index in [1.165, 1.54) is 18.5 Å². The van der Waals surface area contributed by atoms with Crippen molar-refractivity contribution in [1.29, 1.82) is 0 Å². The third-order valence-corrected chi connectivity index (χ3v) is 4.61. The average Bonchev–Trinajstić information content (AvgIpc) is 3.03. The molecule has 0 aliphatic carbocycles. The van der Waals surface area contributed by atoms with Crippen LogP contribution in [0.4, 0.5) is 8.78 Å². The summed E-state index contributed by atoms with van der Waals surface area (Å²) in [5.74, 6) is -0.930. The van der Waals surface area contributed by atoms with E-state index in [1.54, 1.807) is 6.20 Å². The van der Waals surface area contributed by atoms with Crippen molar-refractivity contribution in [1.82, 2.24) is 25.7 Å². The molecule has 0 saturated carbocycles. The highest BCUT2D eigenvalue weighted by molar-refractivity contribution is 5.24. The van der Waals surface area contributed by atoms with E-state index >= 15 is 0 Å². The van der Waals surface area contributed by atoms with Gasteiger partial charge in [0.05, 0.1) is 11.7 Å². The first-order valence-electron chi connectivity index (χ1n) is 7.95. The Balaban J connectivity index is 1.71. The van der Waals surface area contributed by atoms with Crippen molar-refractivity contribution in [2.24, 2.45) is 5.92 Å². The van der Waals surface area contributed by atoms with Crippen LogP contribution in [-0.4, -0.2) is 35.0 Å². The first kappa shape index (κ1) is 16.9. The summed E-state index contributed by atoms with van der Waals surface area (Å²) in [6, 6.07) is 5.54. The van der Waals surface area contributed by atoms with Gasteiger partial charge in [0.1, 0.15) is 18.0 Å². The third-order valence-electron chi connectivity index (χ3n) is 4.61. The summed E-state index contributed by atoms with van der Waals surface area (Å²) in [5, 5.41) is 0. The van der Waals surface area contributed by atoms with E-state index in [4.69, 9.17) is 0 Å². The summed E-state index contributed by atoms with van der Waals surface area (Å²) in [7, 11) is 2.02. The first-order valence-corrected chi connectivity index (χ1v) is 7.95. The molecule has 3 unspecified atom stereocenters. The quantitative estimate of drug-likeness (QED) is 0.879. The van der Waals surface area contributed by atoms with Gasteiger partial charge in [-0.2, -0.15) is 0 Å². The average molecular weight is 333 g/mol. The summed E-state index contributed by atoms with van der Waals surface area (Å²) >= 11 is 0. The number of halogens is 2. The van der Waals surface area contributed by atoms with Gasteiger partial charge in [0, 0.05) is 42.9 Å². The molecule has 3 atom stereocenters. The van der Waals surface area contributed by atoms with E-state index < -0.39 is 11.6 Å². The zero-order valence-electron chi connectivity index (χ0n) is 13.7. The Morgan fingerprint density at radius 2 is 2.17 bits per heavy atom. The van der Waals surface area contributed by atoms with Crippen molar-refractivity contribution in [3.63, 3.8) is 0 Å². The van der Waals surface area contributed by atoms with Crippen LogP contribution in [0.3, 0.4) is 0 Å². The molecule has 5 nitrogen and oxygen atoms in total. The van der Waals surface area contributed by atoms with Gasteiger partial charge in [-0.1, -0.05) is 6.07 Å². The number of nitrogens with one attached hydrogen (secondary N) is 2. The number of benzene rings is 1. The molecule has 1 aliphatic rings. The predicted molar refractivity (Wildman–Crippen MR) is 86.8 cm³/mol. The molecule has 1 aromatic carbocycles. The van der Waals surface area contributed by atoms with Crippen LogP contribution in [0.2, 0.25) is 0 Å². The van der Waals surface area contributed by atoms with Crippen LogP contribution < -0.4 is 10.9 Å². The summed E-state index contributed by atoms with van der Waals surface area (Å²) < 4.78 is 27.2. The normalized spacial score (nSPS) is 22.0. The predicted octanol–water partition coefficient (Wildman–Crippen LogP) is 2.21. The summed E-state index contributed by atoms with van der Waals surface area (Å²) in [4.78, 5) is 10.4. The largest absolute Gasteiger partial charge is 0.298 e. The van der Waals surface area contributed by atoms with E-state index in [-0.39, 0.29) is 18.0 Å². The number of nitrogens with zero attached hydrogens (tertiary/aromatic N) is 3. The van der Waals surface area contributed by atoms with E-state index in [0.717, 1.165) is 18.3 Å². The lowest BCUT2D eigenvalue weighted by atomic mass is 9.93. The Labute approximate surface area is 140 Å². The third kappa shape index (κ3) is 3.58. The standard InChI is InChI=1S/C17H21F2N5/c1-11(16-5-6-20-10-21-16)24(2)9-12-8-22-23-17(12)14-4-3-13(18)7-15(14)19/h3-7,10-12,17,22-23H,8-9H2,1-2H3. The first-order chi connectivity index (χ1) is 11.6. The maximum absolute atomic E-state index is 14.1. The fourth-order valence-electron chi connectivity index (χ4n) is 3.09. The van der Waals surface area contributed by atoms with Crippen molar-refractivity contribution < 1.29 is 8.78 Å². The van der Waals surface area contributed by atoms with Gasteiger partial charge < -0.3 is 0 Å². The molecule has 0 amide bonds. The fourth-order valence-corrected chi connectivity index (χ4v) is 3.09. The van der Waals surface area contributed by atoms with Gasteiger partial charge in [-0.25, -0.2) is 24.2 Å². The van der Waals surface area contributed by atoms with Crippen molar-refractivity contribution >= 4 is 0 Å². The number of hydrazine groups is 1. The van der Waals surface area contributed by atoms with E-state index in [2.05, 4.69) is 32.6 Å². The number of aromatic nitrogens is 2. The molecule has 2 aromatic rings. The highest BCUT2D eigenvalue weighted by Crippen LogP contribution is 2.29. The Morgan fingerprint density at radius 3 is 2.88 bits per heavy atom. The van der Waals surface area contributed by atoms with Gasteiger partial charge in [0.15, 0.2) is 0 Å². The zero-order valence-corrected chi connectivity index (χ0v) is 13.7. The minimum absolute atomic E-state index is 0.118. The van der Waals surface area contributed by atoms with Gasteiger partial charge in [-0.3, -0.25) is 10.3 Å². The van der Waals surface area contributed by atoms with Gasteiger partial charge >= 0.3 is 0 Å². The molecule has 24 heavy (non-hydrogen) atoms. The zero-order chi connectivity index (χ0) is 17.1. The SMILES string of the molecule is CC(c1ccncn1)N(C)CC1CNNC1c1ccc(F)cc1F. The summed E-state index contributed by atoms with van der Waals surface area (Å²) in [6.07, 6.45) is 3.26. The Hall–Kier alpha value is -1.96. The summed E-state index contributed by atoms with van der Waals surface area (Å²) in [5.41, 5.74) is 7.61. The molecule has 1 aromatic heterocycles. The lowest BCUT2D eigenvalue weighted by Gasteiger charge is -2.29. The number of hydrogen-bond donors (Lipinski definition) is 2. The van der Waals surface area contributed by atoms with E-state index in [0.29, 0.717) is 12.1 Å². The molecule has 0 bridgehead atoms. The molecular formula is C17H21F2N5. The maximum Gasteiger partial charge on any atom is 0.130 e. The molecule has 7 heteroatoms. The monoisotopic (exact) mass is 333 g/mol. The molecule has 0 spiro atoms. The molecule has 2 N–H and O–H groups in total. The topological polar surface area (TPSA) is 53.1 Å². The molecule has 1 saturated heterocycles. The second-order valence-corrected chi connectivity index (χ2v) is 6.18. The van der Waals surface area contributed by atoms with Gasteiger partial charge in [-0.15, -0.1) is 0 Å². The minimum Gasteiger partial charge on any atom is -0.298 e. The highest BCUT2D eigenvalue weighted by Gasteiger charge is 2.32. The molecule has 3 rings (SSSR count). The van der Waals surface area contributed by atoms with Crippen LogP contribution in [0, 0.1) is 17.6 Å². The molecule has 2 heterocycles. The van der Waals surface area contributed by atoms with Crippen molar-refractivity contribution in [2.75, 3.05) is 20.1 Å². The van der Waals surface area contributed by atoms with Crippen molar-refractivity contribution in [2.45, 2.75) is 19.0 Å². The number of hydrogen-bond acceptors (Lipinski definition) is 5. The van der Waals surface area contributed by atoms with Gasteiger partial charge in [-0.05, 0) is 26.1 Å². The highest BCUT2D eigenvalue weighted by atomic mass is 19.1. The van der Waals surface area contributed by atoms with Crippen LogP contribution in [0.1, 0.15) is 30.3 Å². The second-order valence-electron chi connectivity index (χ2n) is 6.18. The summed E-state index contributed by atoms with van der Waals surface area (Å²) in [6.45, 7) is 3.53. The second kappa shape index (κ2) is 7.29. The van der Waals surface area contributed by atoms with Crippen LogP contribution in [0.5, 0.6) is 0 Å². The molecule has 1 aliphatic heterocycles. The molecule has 128 valence electrons. The minimum atomic E-state index is -0.562. The molecule has 0 radical (unpaired) electrons. The van der Waals surface area contributed by atoms with E-state index in [1.807, 2.05) is 13.1 Å². The lowest BCUT2D eigenvalue weighted by Crippen LogP contribution is -2.32. The van der Waals surface area contributed by atoms with Crippen molar-refractivity contribution in [3.05, 3.63) is 59.7 Å². The fraction of sp³-hybridized carbons (Fsp3) is 0.412. The van der Waals surface area contributed by atoms with E-state index in [9.17, 15) is 8.78 Å².